The Morgan fingerprint density at radius 1 is 1.58 bits per heavy atom. The van der Waals surface area contributed by atoms with E-state index >= 15 is 0 Å². The third kappa shape index (κ3) is 2.96. The highest BCUT2D eigenvalue weighted by atomic mass is 16.5. The molecule has 1 aromatic rings. The summed E-state index contributed by atoms with van der Waals surface area (Å²) in [5.74, 6) is 0. The lowest BCUT2D eigenvalue weighted by Gasteiger charge is -2.38. The fourth-order valence-electron chi connectivity index (χ4n) is 3.28. The zero-order valence-electron chi connectivity index (χ0n) is 11.6. The predicted molar refractivity (Wildman–Crippen MR) is 75.1 cm³/mol. The molecular formula is C15H23N3O. The molecule has 2 saturated heterocycles. The quantitative estimate of drug-likeness (QED) is 0.880. The van der Waals surface area contributed by atoms with Crippen LogP contribution < -0.4 is 5.32 Å². The Morgan fingerprint density at radius 3 is 3.32 bits per heavy atom. The van der Waals surface area contributed by atoms with Crippen molar-refractivity contribution in [1.82, 2.24) is 15.2 Å². The van der Waals surface area contributed by atoms with E-state index < -0.39 is 0 Å². The second kappa shape index (κ2) is 5.99. The molecule has 0 amide bonds. The summed E-state index contributed by atoms with van der Waals surface area (Å²) < 4.78 is 6.09. The Kier molecular flexibility index (Phi) is 4.11. The molecule has 2 fully saturated rings. The Balaban J connectivity index is 1.62. The van der Waals surface area contributed by atoms with E-state index in [1.807, 2.05) is 25.5 Å². The van der Waals surface area contributed by atoms with Gasteiger partial charge in [0.1, 0.15) is 0 Å². The lowest BCUT2D eigenvalue weighted by Crippen LogP contribution is -2.54. The molecule has 0 spiro atoms. The van der Waals surface area contributed by atoms with Crippen LogP contribution in [0.4, 0.5) is 0 Å². The summed E-state index contributed by atoms with van der Waals surface area (Å²) >= 11 is 0. The second-order valence-corrected chi connectivity index (χ2v) is 5.62. The Bertz CT molecular complexity index is 398. The molecule has 3 unspecified atom stereocenters. The first-order valence-electron chi connectivity index (χ1n) is 7.28. The van der Waals surface area contributed by atoms with Crippen LogP contribution in [0.25, 0.3) is 0 Å². The van der Waals surface area contributed by atoms with Gasteiger partial charge in [0.15, 0.2) is 0 Å². The number of nitrogens with zero attached hydrogens (tertiary/aromatic N) is 2. The van der Waals surface area contributed by atoms with Gasteiger partial charge in [-0.05, 0) is 44.5 Å². The molecule has 0 aliphatic carbocycles. The predicted octanol–water partition coefficient (Wildman–Crippen LogP) is 1.08. The number of hydrogen-bond acceptors (Lipinski definition) is 4. The minimum absolute atomic E-state index is 0.291. The molecule has 0 radical (unpaired) electrons. The van der Waals surface area contributed by atoms with E-state index in [9.17, 15) is 0 Å². The number of likely N-dealkylation sites (N-methyl/N-ethyl adjacent to an activating group) is 1. The van der Waals surface area contributed by atoms with Crippen molar-refractivity contribution in [1.29, 1.82) is 0 Å². The summed E-state index contributed by atoms with van der Waals surface area (Å²) in [5.41, 5.74) is 1.27. The highest BCUT2D eigenvalue weighted by Gasteiger charge is 2.35. The topological polar surface area (TPSA) is 37.4 Å². The number of aromatic nitrogens is 1. The van der Waals surface area contributed by atoms with Gasteiger partial charge in [0.05, 0.1) is 12.7 Å². The van der Waals surface area contributed by atoms with E-state index in [0.29, 0.717) is 18.2 Å². The van der Waals surface area contributed by atoms with Crippen molar-refractivity contribution >= 4 is 0 Å². The lowest BCUT2D eigenvalue weighted by atomic mass is 10.0. The zero-order chi connectivity index (χ0) is 13.1. The van der Waals surface area contributed by atoms with Gasteiger partial charge in [-0.3, -0.25) is 9.88 Å². The van der Waals surface area contributed by atoms with Crippen LogP contribution in [0.3, 0.4) is 0 Å². The van der Waals surface area contributed by atoms with Crippen molar-refractivity contribution < 1.29 is 4.74 Å². The van der Waals surface area contributed by atoms with Gasteiger partial charge >= 0.3 is 0 Å². The van der Waals surface area contributed by atoms with Crippen LogP contribution in [0, 0.1) is 0 Å². The number of rotatable bonds is 4. The van der Waals surface area contributed by atoms with Crippen molar-refractivity contribution in [2.75, 3.05) is 26.7 Å². The van der Waals surface area contributed by atoms with Crippen LogP contribution in [0.2, 0.25) is 0 Å². The molecule has 1 N–H and O–H groups in total. The van der Waals surface area contributed by atoms with Gasteiger partial charge in [0.2, 0.25) is 0 Å². The van der Waals surface area contributed by atoms with Gasteiger partial charge in [-0.15, -0.1) is 0 Å². The van der Waals surface area contributed by atoms with Crippen LogP contribution in [0.15, 0.2) is 24.5 Å². The number of morpholine rings is 1. The third-order valence-electron chi connectivity index (χ3n) is 4.41. The van der Waals surface area contributed by atoms with Crippen LogP contribution in [-0.4, -0.2) is 54.8 Å². The first-order chi connectivity index (χ1) is 9.36. The zero-order valence-corrected chi connectivity index (χ0v) is 11.6. The molecule has 3 atom stereocenters. The molecule has 2 aliphatic rings. The molecule has 4 nitrogen and oxygen atoms in total. The maximum Gasteiger partial charge on any atom is 0.0858 e. The summed E-state index contributed by atoms with van der Waals surface area (Å²) in [6, 6.07) is 5.18. The SMILES string of the molecule is CNC(Cc1cccnc1)C1CN2CCCC2CO1. The number of pyridine rings is 1. The van der Waals surface area contributed by atoms with E-state index in [1.54, 1.807) is 0 Å². The molecule has 4 heteroatoms. The van der Waals surface area contributed by atoms with Crippen molar-refractivity contribution in [2.24, 2.45) is 0 Å². The van der Waals surface area contributed by atoms with Gasteiger partial charge in [0.25, 0.3) is 0 Å². The molecule has 3 rings (SSSR count). The third-order valence-corrected chi connectivity index (χ3v) is 4.41. The van der Waals surface area contributed by atoms with E-state index in [0.717, 1.165) is 19.6 Å². The summed E-state index contributed by atoms with van der Waals surface area (Å²) in [7, 11) is 2.03. The molecule has 0 bridgehead atoms. The summed E-state index contributed by atoms with van der Waals surface area (Å²) in [6.45, 7) is 3.21. The second-order valence-electron chi connectivity index (χ2n) is 5.62. The van der Waals surface area contributed by atoms with Crippen molar-refractivity contribution in [2.45, 2.75) is 37.5 Å². The van der Waals surface area contributed by atoms with Crippen LogP contribution >= 0.6 is 0 Å². The molecule has 1 aromatic heterocycles. The number of fused-ring (bicyclic) bond motifs is 1. The van der Waals surface area contributed by atoms with Gasteiger partial charge in [-0.1, -0.05) is 6.07 Å². The maximum absolute atomic E-state index is 6.09. The Labute approximate surface area is 115 Å². The van der Waals surface area contributed by atoms with Crippen LogP contribution in [0.5, 0.6) is 0 Å². The molecule has 2 aliphatic heterocycles. The van der Waals surface area contributed by atoms with Gasteiger partial charge in [0, 0.05) is 31.0 Å². The maximum atomic E-state index is 6.09. The van der Waals surface area contributed by atoms with E-state index in [2.05, 4.69) is 21.3 Å². The van der Waals surface area contributed by atoms with E-state index in [4.69, 9.17) is 4.74 Å². The smallest absolute Gasteiger partial charge is 0.0858 e. The lowest BCUT2D eigenvalue weighted by molar-refractivity contribution is -0.0634. The molecule has 19 heavy (non-hydrogen) atoms. The van der Waals surface area contributed by atoms with Gasteiger partial charge < -0.3 is 10.1 Å². The molecule has 0 saturated carbocycles. The number of ether oxygens (including phenoxy) is 1. The first-order valence-corrected chi connectivity index (χ1v) is 7.28. The minimum Gasteiger partial charge on any atom is -0.374 e. The number of nitrogens with one attached hydrogen (secondary N) is 1. The Hall–Kier alpha value is -0.970. The minimum atomic E-state index is 0.291. The fourth-order valence-corrected chi connectivity index (χ4v) is 3.28. The standard InChI is InChI=1S/C15H23N3O/c1-16-14(8-12-4-2-6-17-9-12)15-10-18-7-3-5-13(18)11-19-15/h2,4,6,9,13-16H,3,5,7-8,10-11H2,1H3. The normalized spacial score (nSPS) is 29.1. The highest BCUT2D eigenvalue weighted by molar-refractivity contribution is 5.11. The van der Waals surface area contributed by atoms with Gasteiger partial charge in [-0.25, -0.2) is 0 Å². The van der Waals surface area contributed by atoms with Gasteiger partial charge in [-0.2, -0.15) is 0 Å². The average molecular weight is 261 g/mol. The average Bonchev–Trinajstić information content (AvgIpc) is 2.93. The molecule has 3 heterocycles. The molecular weight excluding hydrogens is 238 g/mol. The summed E-state index contributed by atoms with van der Waals surface area (Å²) in [5, 5.41) is 3.42. The van der Waals surface area contributed by atoms with E-state index in [1.165, 1.54) is 24.9 Å². The highest BCUT2D eigenvalue weighted by Crippen LogP contribution is 2.24. The first kappa shape index (κ1) is 13.0. The van der Waals surface area contributed by atoms with Crippen molar-refractivity contribution in [3.05, 3.63) is 30.1 Å². The molecule has 0 aromatic carbocycles. The van der Waals surface area contributed by atoms with E-state index in [-0.39, 0.29) is 0 Å². The molecule has 104 valence electrons. The number of hydrogen-bond donors (Lipinski definition) is 1. The largest absolute Gasteiger partial charge is 0.374 e. The summed E-state index contributed by atoms with van der Waals surface area (Å²) in [4.78, 5) is 6.79. The summed E-state index contributed by atoms with van der Waals surface area (Å²) in [6.07, 6.45) is 7.68. The van der Waals surface area contributed by atoms with Crippen molar-refractivity contribution in [3.8, 4) is 0 Å². The monoisotopic (exact) mass is 261 g/mol. The fraction of sp³-hybridized carbons (Fsp3) is 0.667. The Morgan fingerprint density at radius 2 is 2.53 bits per heavy atom. The van der Waals surface area contributed by atoms with Crippen LogP contribution in [0.1, 0.15) is 18.4 Å². The van der Waals surface area contributed by atoms with Crippen molar-refractivity contribution in [3.63, 3.8) is 0 Å². The van der Waals surface area contributed by atoms with Crippen LogP contribution in [-0.2, 0) is 11.2 Å².